The predicted molar refractivity (Wildman–Crippen MR) is 81.0 cm³/mol. The van der Waals surface area contributed by atoms with E-state index in [1.165, 1.54) is 5.56 Å². The Morgan fingerprint density at radius 3 is 2.55 bits per heavy atom. The second-order valence-electron chi connectivity index (χ2n) is 4.58. The zero-order valence-electron chi connectivity index (χ0n) is 11.3. The molecule has 0 amide bonds. The molecule has 0 saturated heterocycles. The summed E-state index contributed by atoms with van der Waals surface area (Å²) in [4.78, 5) is 4.56. The molecule has 1 heterocycles. The minimum Gasteiger partial charge on any atom is -0.439 e. The first-order valence-electron chi connectivity index (χ1n) is 6.63. The Morgan fingerprint density at radius 2 is 1.75 bits per heavy atom. The van der Waals surface area contributed by atoms with E-state index in [0.29, 0.717) is 5.88 Å². The third kappa shape index (κ3) is 2.63. The van der Waals surface area contributed by atoms with E-state index in [1.807, 2.05) is 61.6 Å². The second-order valence-corrected chi connectivity index (χ2v) is 4.58. The zero-order chi connectivity index (χ0) is 13.8. The number of para-hydroxylation sites is 2. The Kier molecular flexibility index (Phi) is 3.61. The van der Waals surface area contributed by atoms with Gasteiger partial charge in [-0.2, -0.15) is 0 Å². The van der Waals surface area contributed by atoms with Crippen LogP contribution in [-0.2, 0) is 6.54 Å². The van der Waals surface area contributed by atoms with Gasteiger partial charge in [-0.1, -0.05) is 36.4 Å². The lowest BCUT2D eigenvalue weighted by Gasteiger charge is -2.10. The van der Waals surface area contributed by atoms with Gasteiger partial charge in [0.2, 0.25) is 5.88 Å². The lowest BCUT2D eigenvalue weighted by molar-refractivity contribution is 0.464. The largest absolute Gasteiger partial charge is 0.439 e. The van der Waals surface area contributed by atoms with E-state index in [4.69, 9.17) is 4.74 Å². The SMILES string of the molecule is CNCc1cc(Oc2ccccc2)nc2ccccc12. The monoisotopic (exact) mass is 264 g/mol. The summed E-state index contributed by atoms with van der Waals surface area (Å²) >= 11 is 0. The Hall–Kier alpha value is -2.39. The summed E-state index contributed by atoms with van der Waals surface area (Å²) in [5.41, 5.74) is 2.13. The van der Waals surface area contributed by atoms with Crippen molar-refractivity contribution in [3.05, 3.63) is 66.2 Å². The van der Waals surface area contributed by atoms with Crippen LogP contribution in [0.2, 0.25) is 0 Å². The maximum absolute atomic E-state index is 5.83. The van der Waals surface area contributed by atoms with Crippen LogP contribution in [0.3, 0.4) is 0 Å². The molecule has 0 saturated carbocycles. The predicted octanol–water partition coefficient (Wildman–Crippen LogP) is 3.75. The van der Waals surface area contributed by atoms with Crippen molar-refractivity contribution in [2.75, 3.05) is 7.05 Å². The van der Waals surface area contributed by atoms with Gasteiger partial charge in [0.25, 0.3) is 0 Å². The van der Waals surface area contributed by atoms with Crippen LogP contribution in [0.1, 0.15) is 5.56 Å². The summed E-state index contributed by atoms with van der Waals surface area (Å²) in [6, 6.07) is 19.8. The van der Waals surface area contributed by atoms with Crippen LogP contribution in [-0.4, -0.2) is 12.0 Å². The fourth-order valence-corrected chi connectivity index (χ4v) is 2.22. The summed E-state index contributed by atoms with van der Waals surface area (Å²) in [5, 5.41) is 4.34. The first-order chi connectivity index (χ1) is 9.86. The summed E-state index contributed by atoms with van der Waals surface area (Å²) in [6.45, 7) is 0.786. The van der Waals surface area contributed by atoms with Gasteiger partial charge < -0.3 is 10.1 Å². The van der Waals surface area contributed by atoms with E-state index in [2.05, 4.69) is 16.4 Å². The van der Waals surface area contributed by atoms with Crippen molar-refractivity contribution >= 4 is 10.9 Å². The summed E-state index contributed by atoms with van der Waals surface area (Å²) in [6.07, 6.45) is 0. The van der Waals surface area contributed by atoms with Gasteiger partial charge >= 0.3 is 0 Å². The van der Waals surface area contributed by atoms with E-state index < -0.39 is 0 Å². The molecule has 100 valence electrons. The summed E-state index contributed by atoms with van der Waals surface area (Å²) in [7, 11) is 1.94. The first kappa shape index (κ1) is 12.6. The van der Waals surface area contributed by atoms with Gasteiger partial charge in [-0.25, -0.2) is 4.98 Å². The molecule has 0 spiro atoms. The van der Waals surface area contributed by atoms with Gasteiger partial charge in [0.15, 0.2) is 0 Å². The molecule has 3 nitrogen and oxygen atoms in total. The Bertz CT molecular complexity index is 711. The van der Waals surface area contributed by atoms with Crippen LogP contribution < -0.4 is 10.1 Å². The van der Waals surface area contributed by atoms with Crippen LogP contribution in [0.15, 0.2) is 60.7 Å². The molecule has 3 rings (SSSR count). The number of aromatic nitrogens is 1. The van der Waals surface area contributed by atoms with E-state index in [-0.39, 0.29) is 0 Å². The van der Waals surface area contributed by atoms with Crippen LogP contribution in [0, 0.1) is 0 Å². The fraction of sp³-hybridized carbons (Fsp3) is 0.118. The van der Waals surface area contributed by atoms with Crippen molar-refractivity contribution in [3.8, 4) is 11.6 Å². The third-order valence-corrected chi connectivity index (χ3v) is 3.11. The van der Waals surface area contributed by atoms with Crippen molar-refractivity contribution in [3.63, 3.8) is 0 Å². The van der Waals surface area contributed by atoms with E-state index >= 15 is 0 Å². The summed E-state index contributed by atoms with van der Waals surface area (Å²) < 4.78 is 5.83. The molecule has 0 atom stereocenters. The minimum atomic E-state index is 0.625. The highest BCUT2D eigenvalue weighted by Crippen LogP contribution is 2.25. The number of fused-ring (bicyclic) bond motifs is 1. The van der Waals surface area contributed by atoms with Crippen LogP contribution in [0.25, 0.3) is 10.9 Å². The topological polar surface area (TPSA) is 34.1 Å². The van der Waals surface area contributed by atoms with Gasteiger partial charge in [0.1, 0.15) is 5.75 Å². The average molecular weight is 264 g/mol. The molecule has 3 heteroatoms. The van der Waals surface area contributed by atoms with Crippen molar-refractivity contribution in [1.82, 2.24) is 10.3 Å². The number of hydrogen-bond donors (Lipinski definition) is 1. The zero-order valence-corrected chi connectivity index (χ0v) is 11.3. The molecule has 2 aromatic carbocycles. The molecule has 1 N–H and O–H groups in total. The smallest absolute Gasteiger partial charge is 0.220 e. The average Bonchev–Trinajstić information content (AvgIpc) is 2.49. The molecule has 0 radical (unpaired) electrons. The molecule has 0 aliphatic carbocycles. The van der Waals surface area contributed by atoms with Crippen molar-refractivity contribution in [2.24, 2.45) is 0 Å². The molecule has 20 heavy (non-hydrogen) atoms. The van der Waals surface area contributed by atoms with Gasteiger partial charge in [-0.15, -0.1) is 0 Å². The quantitative estimate of drug-likeness (QED) is 0.779. The number of pyridine rings is 1. The molecule has 0 aliphatic rings. The number of nitrogens with one attached hydrogen (secondary N) is 1. The van der Waals surface area contributed by atoms with Crippen molar-refractivity contribution in [1.29, 1.82) is 0 Å². The van der Waals surface area contributed by atoms with Crippen molar-refractivity contribution < 1.29 is 4.74 Å². The molecule has 0 fully saturated rings. The molecular weight excluding hydrogens is 248 g/mol. The van der Waals surface area contributed by atoms with E-state index in [1.54, 1.807) is 0 Å². The Balaban J connectivity index is 2.03. The Morgan fingerprint density at radius 1 is 1.00 bits per heavy atom. The molecule has 0 unspecified atom stereocenters. The number of ether oxygens (including phenoxy) is 1. The van der Waals surface area contributed by atoms with E-state index in [9.17, 15) is 0 Å². The molecule has 0 aliphatic heterocycles. The minimum absolute atomic E-state index is 0.625. The highest BCUT2D eigenvalue weighted by Gasteiger charge is 2.06. The normalized spacial score (nSPS) is 10.7. The van der Waals surface area contributed by atoms with Crippen LogP contribution in [0.4, 0.5) is 0 Å². The Labute approximate surface area is 118 Å². The summed E-state index contributed by atoms with van der Waals surface area (Å²) in [5.74, 6) is 1.42. The highest BCUT2D eigenvalue weighted by molar-refractivity contribution is 5.82. The highest BCUT2D eigenvalue weighted by atomic mass is 16.5. The fourth-order valence-electron chi connectivity index (χ4n) is 2.22. The van der Waals surface area contributed by atoms with Gasteiger partial charge in [0, 0.05) is 18.0 Å². The number of rotatable bonds is 4. The molecule has 0 bridgehead atoms. The van der Waals surface area contributed by atoms with Gasteiger partial charge in [0.05, 0.1) is 5.52 Å². The molecule has 1 aromatic heterocycles. The maximum atomic E-state index is 5.83. The lowest BCUT2D eigenvalue weighted by atomic mass is 10.1. The molecule has 3 aromatic rings. The van der Waals surface area contributed by atoms with E-state index in [0.717, 1.165) is 23.2 Å². The lowest BCUT2D eigenvalue weighted by Crippen LogP contribution is -2.06. The van der Waals surface area contributed by atoms with Crippen LogP contribution in [0.5, 0.6) is 11.6 Å². The van der Waals surface area contributed by atoms with Gasteiger partial charge in [-0.05, 0) is 30.8 Å². The number of nitrogens with zero attached hydrogens (tertiary/aromatic N) is 1. The first-order valence-corrected chi connectivity index (χ1v) is 6.63. The van der Waals surface area contributed by atoms with Crippen molar-refractivity contribution in [2.45, 2.75) is 6.54 Å². The third-order valence-electron chi connectivity index (χ3n) is 3.11. The number of hydrogen-bond acceptors (Lipinski definition) is 3. The maximum Gasteiger partial charge on any atom is 0.220 e. The standard InChI is InChI=1S/C17H16N2O/c1-18-12-13-11-17(20-14-7-3-2-4-8-14)19-16-10-6-5-9-15(13)16/h2-11,18H,12H2,1H3. The second kappa shape index (κ2) is 5.72. The van der Waals surface area contributed by atoms with Gasteiger partial charge in [-0.3, -0.25) is 0 Å². The number of benzene rings is 2. The molecular formula is C17H16N2O. The van der Waals surface area contributed by atoms with Crippen LogP contribution >= 0.6 is 0 Å².